The van der Waals surface area contributed by atoms with E-state index in [4.69, 9.17) is 4.52 Å². The van der Waals surface area contributed by atoms with Gasteiger partial charge in [0.1, 0.15) is 10.7 Å². The van der Waals surface area contributed by atoms with E-state index in [-0.39, 0.29) is 23.8 Å². The van der Waals surface area contributed by atoms with Crippen LogP contribution in [0.4, 0.5) is 0 Å². The Kier molecular flexibility index (Phi) is 4.41. The second-order valence-corrected chi connectivity index (χ2v) is 7.80. The lowest BCUT2D eigenvalue weighted by atomic mass is 9.93. The summed E-state index contributed by atoms with van der Waals surface area (Å²) in [5.41, 5.74) is 2.41. The number of benzene rings is 1. The van der Waals surface area contributed by atoms with E-state index in [0.717, 1.165) is 16.1 Å². The molecule has 1 atom stereocenters. The predicted molar refractivity (Wildman–Crippen MR) is 95.1 cm³/mol. The standard InChI is InChI=1S/C18H21N3O2S/c1-11(17-20-15(10-24-17)18(2,3)4)19-16(22)9-13-12-7-5-6-8-14(12)23-21-13/h5-8,10-11H,9H2,1-4H3,(H,19,22). The Balaban J connectivity index is 1.67. The highest BCUT2D eigenvalue weighted by Crippen LogP contribution is 2.27. The normalized spacial score (nSPS) is 13.2. The molecule has 0 spiro atoms. The zero-order chi connectivity index (χ0) is 17.3. The van der Waals surface area contributed by atoms with Crippen molar-refractivity contribution in [1.29, 1.82) is 0 Å². The average molecular weight is 343 g/mol. The zero-order valence-electron chi connectivity index (χ0n) is 14.3. The molecule has 0 aliphatic carbocycles. The van der Waals surface area contributed by atoms with Gasteiger partial charge < -0.3 is 9.84 Å². The number of aromatic nitrogens is 2. The van der Waals surface area contributed by atoms with Crippen molar-refractivity contribution >= 4 is 28.2 Å². The van der Waals surface area contributed by atoms with Gasteiger partial charge in [0.2, 0.25) is 5.91 Å². The first-order chi connectivity index (χ1) is 11.3. The van der Waals surface area contributed by atoms with Crippen LogP contribution < -0.4 is 5.32 Å². The number of nitrogens with one attached hydrogen (secondary N) is 1. The molecular weight excluding hydrogens is 322 g/mol. The van der Waals surface area contributed by atoms with Gasteiger partial charge in [-0.1, -0.05) is 38.1 Å². The number of amides is 1. The number of rotatable bonds is 4. The molecule has 126 valence electrons. The van der Waals surface area contributed by atoms with Crippen LogP contribution in [0.5, 0.6) is 0 Å². The van der Waals surface area contributed by atoms with Gasteiger partial charge in [-0.25, -0.2) is 4.98 Å². The van der Waals surface area contributed by atoms with Gasteiger partial charge in [0.15, 0.2) is 5.58 Å². The maximum Gasteiger partial charge on any atom is 0.226 e. The molecule has 1 aromatic carbocycles. The summed E-state index contributed by atoms with van der Waals surface area (Å²) in [6.45, 7) is 8.34. The summed E-state index contributed by atoms with van der Waals surface area (Å²) in [6, 6.07) is 7.42. The smallest absolute Gasteiger partial charge is 0.226 e. The SMILES string of the molecule is CC(NC(=O)Cc1noc2ccccc12)c1nc(C(C)(C)C)cs1. The highest BCUT2D eigenvalue weighted by Gasteiger charge is 2.21. The lowest BCUT2D eigenvalue weighted by Gasteiger charge is -2.15. The van der Waals surface area contributed by atoms with Gasteiger partial charge in [-0.15, -0.1) is 11.3 Å². The molecule has 1 amide bonds. The number of para-hydroxylation sites is 1. The molecule has 0 aliphatic heterocycles. The second kappa shape index (κ2) is 6.36. The number of carbonyl (C=O) groups excluding carboxylic acids is 1. The molecule has 0 bridgehead atoms. The van der Waals surface area contributed by atoms with Crippen LogP contribution in [-0.4, -0.2) is 16.0 Å². The van der Waals surface area contributed by atoms with E-state index in [2.05, 4.69) is 41.6 Å². The fourth-order valence-corrected chi connectivity index (χ4v) is 3.46. The van der Waals surface area contributed by atoms with Crippen molar-refractivity contribution in [3.63, 3.8) is 0 Å². The van der Waals surface area contributed by atoms with Crippen LogP contribution in [0, 0.1) is 0 Å². The number of fused-ring (bicyclic) bond motifs is 1. The fourth-order valence-electron chi connectivity index (χ4n) is 2.40. The third kappa shape index (κ3) is 3.48. The highest BCUT2D eigenvalue weighted by molar-refractivity contribution is 7.09. The first kappa shape index (κ1) is 16.6. The third-order valence-electron chi connectivity index (χ3n) is 3.82. The van der Waals surface area contributed by atoms with Crippen LogP contribution in [0.25, 0.3) is 11.0 Å². The summed E-state index contributed by atoms with van der Waals surface area (Å²) >= 11 is 1.58. The molecule has 0 saturated carbocycles. The molecular formula is C18H21N3O2S. The molecule has 0 radical (unpaired) electrons. The molecule has 24 heavy (non-hydrogen) atoms. The molecule has 1 unspecified atom stereocenters. The second-order valence-electron chi connectivity index (χ2n) is 6.91. The van der Waals surface area contributed by atoms with Crippen LogP contribution in [0.1, 0.15) is 50.1 Å². The third-order valence-corrected chi connectivity index (χ3v) is 4.85. The molecule has 5 nitrogen and oxygen atoms in total. The molecule has 0 saturated heterocycles. The van der Waals surface area contributed by atoms with Crippen molar-refractivity contribution in [2.24, 2.45) is 0 Å². The van der Waals surface area contributed by atoms with Crippen LogP contribution in [0.2, 0.25) is 0 Å². The van der Waals surface area contributed by atoms with Gasteiger partial charge >= 0.3 is 0 Å². The molecule has 3 aromatic rings. The zero-order valence-corrected chi connectivity index (χ0v) is 15.1. The molecule has 3 rings (SSSR count). The molecule has 6 heteroatoms. The van der Waals surface area contributed by atoms with E-state index in [1.165, 1.54) is 0 Å². The van der Waals surface area contributed by atoms with E-state index >= 15 is 0 Å². The van der Waals surface area contributed by atoms with Gasteiger partial charge in [-0.3, -0.25) is 4.79 Å². The van der Waals surface area contributed by atoms with E-state index in [9.17, 15) is 4.79 Å². The first-order valence-electron chi connectivity index (χ1n) is 7.93. The molecule has 1 N–H and O–H groups in total. The Morgan fingerprint density at radius 2 is 2.08 bits per heavy atom. The summed E-state index contributed by atoms with van der Waals surface area (Å²) in [5, 5.41) is 10.8. The average Bonchev–Trinajstić information content (AvgIpc) is 3.14. The number of hydrogen-bond acceptors (Lipinski definition) is 5. The summed E-state index contributed by atoms with van der Waals surface area (Å²) in [4.78, 5) is 17.0. The van der Waals surface area contributed by atoms with Crippen molar-refractivity contribution in [2.45, 2.75) is 45.6 Å². The minimum Gasteiger partial charge on any atom is -0.356 e. The molecule has 0 aliphatic rings. The number of nitrogens with zero attached hydrogens (tertiary/aromatic N) is 2. The molecule has 0 fully saturated rings. The van der Waals surface area contributed by atoms with E-state index in [0.29, 0.717) is 11.3 Å². The Morgan fingerprint density at radius 1 is 1.33 bits per heavy atom. The summed E-state index contributed by atoms with van der Waals surface area (Å²) in [6.07, 6.45) is 0.193. The Labute approximate surface area is 145 Å². The lowest BCUT2D eigenvalue weighted by molar-refractivity contribution is -0.121. The summed E-state index contributed by atoms with van der Waals surface area (Å²) in [7, 11) is 0. The quantitative estimate of drug-likeness (QED) is 0.777. The van der Waals surface area contributed by atoms with Gasteiger partial charge in [-0.05, 0) is 19.1 Å². The summed E-state index contributed by atoms with van der Waals surface area (Å²) in [5.74, 6) is -0.0888. The number of thiazole rings is 1. The summed E-state index contributed by atoms with van der Waals surface area (Å²) < 4.78 is 5.24. The Hall–Kier alpha value is -2.21. The fraction of sp³-hybridized carbons (Fsp3) is 0.389. The van der Waals surface area contributed by atoms with Gasteiger partial charge in [0, 0.05) is 16.2 Å². The van der Waals surface area contributed by atoms with Crippen LogP contribution in [0.15, 0.2) is 34.2 Å². The van der Waals surface area contributed by atoms with Crippen molar-refractivity contribution < 1.29 is 9.32 Å². The lowest BCUT2D eigenvalue weighted by Crippen LogP contribution is -2.28. The maximum atomic E-state index is 12.3. The van der Waals surface area contributed by atoms with E-state index in [1.807, 2.05) is 31.2 Å². The first-order valence-corrected chi connectivity index (χ1v) is 8.81. The van der Waals surface area contributed by atoms with Crippen molar-refractivity contribution in [3.05, 3.63) is 46.0 Å². The number of carbonyl (C=O) groups is 1. The Morgan fingerprint density at radius 3 is 2.79 bits per heavy atom. The predicted octanol–water partition coefficient (Wildman–Crippen LogP) is 4.00. The minimum absolute atomic E-state index is 0.0120. The van der Waals surface area contributed by atoms with Crippen LogP contribution in [-0.2, 0) is 16.6 Å². The van der Waals surface area contributed by atoms with Gasteiger partial charge in [-0.2, -0.15) is 0 Å². The van der Waals surface area contributed by atoms with Crippen molar-refractivity contribution in [2.75, 3.05) is 0 Å². The van der Waals surface area contributed by atoms with Gasteiger partial charge in [0.05, 0.1) is 18.2 Å². The topological polar surface area (TPSA) is 68.0 Å². The van der Waals surface area contributed by atoms with Crippen molar-refractivity contribution in [1.82, 2.24) is 15.5 Å². The van der Waals surface area contributed by atoms with Gasteiger partial charge in [0.25, 0.3) is 0 Å². The minimum atomic E-state index is -0.128. The molecule has 2 aromatic heterocycles. The highest BCUT2D eigenvalue weighted by atomic mass is 32.1. The van der Waals surface area contributed by atoms with Crippen LogP contribution >= 0.6 is 11.3 Å². The maximum absolute atomic E-state index is 12.3. The van der Waals surface area contributed by atoms with Crippen molar-refractivity contribution in [3.8, 4) is 0 Å². The largest absolute Gasteiger partial charge is 0.356 e. The Bertz CT molecular complexity index is 860. The molecule has 2 heterocycles. The van der Waals surface area contributed by atoms with E-state index in [1.54, 1.807) is 11.3 Å². The monoisotopic (exact) mass is 343 g/mol. The van der Waals surface area contributed by atoms with E-state index < -0.39 is 0 Å². The van der Waals surface area contributed by atoms with Crippen LogP contribution in [0.3, 0.4) is 0 Å². The number of hydrogen-bond donors (Lipinski definition) is 1.